The molecule has 1 atom stereocenters. The zero-order valence-corrected chi connectivity index (χ0v) is 30.5. The van der Waals surface area contributed by atoms with Crippen LogP contribution in [0.4, 0.5) is 28.4 Å². The maximum absolute atomic E-state index is 6.84. The topological polar surface area (TPSA) is 104 Å². The first-order chi connectivity index (χ1) is 27.1. The summed E-state index contributed by atoms with van der Waals surface area (Å²) in [5.74, 6) is 1.48. The fourth-order valence-corrected chi connectivity index (χ4v) is 7.74. The minimum atomic E-state index is -0.575. The molecule has 2 heterocycles. The van der Waals surface area contributed by atoms with Gasteiger partial charge in [0.1, 0.15) is 17.8 Å². The van der Waals surface area contributed by atoms with E-state index >= 15 is 0 Å². The fourth-order valence-electron chi connectivity index (χ4n) is 7.74. The number of rotatable bonds is 8. The molecule has 0 saturated heterocycles. The molecular weight excluding hydrogens is 675 g/mol. The molecule has 2 aliphatic heterocycles. The Bertz CT molecular complexity index is 2520. The molecule has 0 aromatic heterocycles. The van der Waals surface area contributed by atoms with Gasteiger partial charge < -0.3 is 27.0 Å². The van der Waals surface area contributed by atoms with Crippen LogP contribution in [0.3, 0.4) is 0 Å². The van der Waals surface area contributed by atoms with Crippen molar-refractivity contribution in [3.05, 3.63) is 187 Å². The Morgan fingerprint density at radius 2 is 1.07 bits per heavy atom. The van der Waals surface area contributed by atoms with Gasteiger partial charge in [0.15, 0.2) is 6.17 Å². The first-order valence-electron chi connectivity index (χ1n) is 18.7. The molecule has 7 nitrogen and oxygen atoms in total. The van der Waals surface area contributed by atoms with Crippen molar-refractivity contribution >= 4 is 40.1 Å². The van der Waals surface area contributed by atoms with Crippen LogP contribution in [0, 0.1) is 0 Å². The van der Waals surface area contributed by atoms with E-state index in [0.717, 1.165) is 79.5 Å². The number of anilines is 5. The van der Waals surface area contributed by atoms with Crippen LogP contribution in [0.15, 0.2) is 180 Å². The van der Waals surface area contributed by atoms with E-state index in [1.54, 1.807) is 0 Å². The highest BCUT2D eigenvalue weighted by atomic mass is 15.3. The van der Waals surface area contributed by atoms with Crippen molar-refractivity contribution < 1.29 is 0 Å². The third-order valence-corrected chi connectivity index (χ3v) is 10.4. The molecule has 1 unspecified atom stereocenters. The van der Waals surface area contributed by atoms with Crippen molar-refractivity contribution in [3.8, 4) is 33.4 Å². The second-order valence-electron chi connectivity index (χ2n) is 13.9. The van der Waals surface area contributed by atoms with Gasteiger partial charge in [-0.15, -0.1) is 0 Å². The molecule has 0 fully saturated rings. The summed E-state index contributed by atoms with van der Waals surface area (Å²) in [6.07, 6.45) is 0.523. The normalized spacial score (nSPS) is 15.1. The van der Waals surface area contributed by atoms with E-state index in [1.165, 1.54) is 5.69 Å². The van der Waals surface area contributed by atoms with Gasteiger partial charge in [0.25, 0.3) is 0 Å². The lowest BCUT2D eigenvalue weighted by Gasteiger charge is -2.28. The Morgan fingerprint density at radius 3 is 1.78 bits per heavy atom. The fraction of sp³-hybridized carbons (Fsp3) is 0.0833. The van der Waals surface area contributed by atoms with Gasteiger partial charge >= 0.3 is 0 Å². The van der Waals surface area contributed by atoms with Crippen LogP contribution in [0.25, 0.3) is 33.4 Å². The van der Waals surface area contributed by atoms with E-state index in [9.17, 15) is 0 Å². The van der Waals surface area contributed by atoms with Crippen molar-refractivity contribution in [1.29, 1.82) is 0 Å². The van der Waals surface area contributed by atoms with Crippen molar-refractivity contribution in [3.63, 3.8) is 0 Å². The number of fused-ring (bicyclic) bond motifs is 1. The minimum Gasteiger partial charge on any atom is -0.398 e. The van der Waals surface area contributed by atoms with Gasteiger partial charge in [0.2, 0.25) is 0 Å². The Balaban J connectivity index is 1.13. The summed E-state index contributed by atoms with van der Waals surface area (Å²) >= 11 is 0. The second-order valence-corrected chi connectivity index (χ2v) is 13.9. The molecule has 0 spiro atoms. The molecule has 9 rings (SSSR count). The van der Waals surface area contributed by atoms with Crippen LogP contribution in [0.1, 0.15) is 36.2 Å². The molecule has 268 valence electrons. The first-order valence-corrected chi connectivity index (χ1v) is 18.7. The third kappa shape index (κ3) is 6.36. The summed E-state index contributed by atoms with van der Waals surface area (Å²) < 4.78 is 0. The third-order valence-electron chi connectivity index (χ3n) is 10.4. The van der Waals surface area contributed by atoms with Gasteiger partial charge in [0, 0.05) is 39.2 Å². The number of hydrogen-bond acceptors (Lipinski definition) is 7. The predicted octanol–water partition coefficient (Wildman–Crippen LogP) is 10.6. The van der Waals surface area contributed by atoms with Gasteiger partial charge in [-0.3, -0.25) is 0 Å². The standard InChI is InChI=1S/C48H41N7/c1-2-44-51-41-24-10-12-26-43(41)55(44)42-25-11-9-21-36(42)35-27-28-39(49)38(30-35)34-20-13-19-33(29-34)37-22-14-23-40(50)45(37)48-53-46(31-15-5-3-6-16-31)52-47(54-48)32-17-7-4-8-18-32/h3-30,44,48,51H,2,49-50H2,1H3,(H,52,53,54). The molecule has 7 aromatic carbocycles. The molecule has 7 heteroatoms. The second kappa shape index (κ2) is 14.4. The molecule has 2 aliphatic rings. The molecular formula is C48H41N7. The van der Waals surface area contributed by atoms with Crippen molar-refractivity contribution in [2.24, 2.45) is 9.98 Å². The van der Waals surface area contributed by atoms with Crippen LogP contribution in [0.2, 0.25) is 0 Å². The summed E-state index contributed by atoms with van der Waals surface area (Å²) in [5.41, 5.74) is 27.4. The number of aliphatic imine (C=N–C) groups is 2. The monoisotopic (exact) mass is 715 g/mol. The largest absolute Gasteiger partial charge is 0.398 e. The van der Waals surface area contributed by atoms with Crippen molar-refractivity contribution in [2.45, 2.75) is 25.7 Å². The molecule has 7 aromatic rings. The molecule has 0 aliphatic carbocycles. The number of nitrogens with one attached hydrogen (secondary N) is 2. The molecule has 0 amide bonds. The average Bonchev–Trinajstić information content (AvgIpc) is 3.63. The SMILES string of the molecule is CCC1Nc2ccccc2N1c1ccccc1-c1ccc(N)c(-c2cccc(-c3cccc(N)c3C3N=C(c4ccccc4)NC(c4ccccc4)=N3)c2)c1. The summed E-state index contributed by atoms with van der Waals surface area (Å²) in [4.78, 5) is 12.7. The average molecular weight is 716 g/mol. The van der Waals surface area contributed by atoms with E-state index in [4.69, 9.17) is 21.5 Å². The smallest absolute Gasteiger partial charge is 0.172 e. The zero-order chi connectivity index (χ0) is 37.3. The summed E-state index contributed by atoms with van der Waals surface area (Å²) in [6, 6.07) is 58.3. The number of para-hydroxylation sites is 3. The molecule has 55 heavy (non-hydrogen) atoms. The molecule has 6 N–H and O–H groups in total. The Hall–Kier alpha value is -7.12. The Labute approximate surface area is 321 Å². The van der Waals surface area contributed by atoms with Gasteiger partial charge in [-0.2, -0.15) is 0 Å². The highest BCUT2D eigenvalue weighted by Gasteiger charge is 2.30. The predicted molar refractivity (Wildman–Crippen MR) is 230 cm³/mol. The Morgan fingerprint density at radius 1 is 0.509 bits per heavy atom. The van der Waals surface area contributed by atoms with Crippen LogP contribution in [0.5, 0.6) is 0 Å². The summed E-state index contributed by atoms with van der Waals surface area (Å²) in [6.45, 7) is 2.22. The highest BCUT2D eigenvalue weighted by Crippen LogP contribution is 2.46. The van der Waals surface area contributed by atoms with E-state index in [2.05, 4.69) is 138 Å². The summed E-state index contributed by atoms with van der Waals surface area (Å²) in [7, 11) is 0. The van der Waals surface area contributed by atoms with E-state index in [0.29, 0.717) is 11.4 Å². The quantitative estimate of drug-likeness (QED) is 0.117. The van der Waals surface area contributed by atoms with Crippen LogP contribution >= 0.6 is 0 Å². The summed E-state index contributed by atoms with van der Waals surface area (Å²) in [5, 5.41) is 7.20. The number of hydrogen-bond donors (Lipinski definition) is 4. The maximum Gasteiger partial charge on any atom is 0.172 e. The number of nitrogens with two attached hydrogens (primary N) is 2. The van der Waals surface area contributed by atoms with Gasteiger partial charge in [-0.1, -0.05) is 134 Å². The zero-order valence-electron chi connectivity index (χ0n) is 30.5. The maximum atomic E-state index is 6.84. The van der Waals surface area contributed by atoms with Crippen molar-refractivity contribution in [2.75, 3.05) is 21.7 Å². The van der Waals surface area contributed by atoms with Crippen LogP contribution in [-0.2, 0) is 0 Å². The number of amidine groups is 2. The molecule has 0 bridgehead atoms. The number of nitrogens with zero attached hydrogens (tertiary/aromatic N) is 3. The van der Waals surface area contributed by atoms with Crippen LogP contribution in [-0.4, -0.2) is 17.8 Å². The van der Waals surface area contributed by atoms with Gasteiger partial charge in [-0.25, -0.2) is 9.98 Å². The highest BCUT2D eigenvalue weighted by molar-refractivity contribution is 6.16. The number of nitrogen functional groups attached to an aromatic ring is 2. The number of benzene rings is 7. The first kappa shape index (κ1) is 33.7. The van der Waals surface area contributed by atoms with Crippen molar-refractivity contribution in [1.82, 2.24) is 5.32 Å². The van der Waals surface area contributed by atoms with E-state index in [-0.39, 0.29) is 6.17 Å². The lowest BCUT2D eigenvalue weighted by molar-refractivity contribution is 0.729. The molecule has 0 radical (unpaired) electrons. The van der Waals surface area contributed by atoms with E-state index in [1.807, 2.05) is 54.6 Å². The van der Waals surface area contributed by atoms with Gasteiger partial charge in [-0.05, 0) is 71.1 Å². The van der Waals surface area contributed by atoms with Gasteiger partial charge in [0.05, 0.1) is 17.1 Å². The minimum absolute atomic E-state index is 0.150. The molecule has 0 saturated carbocycles. The van der Waals surface area contributed by atoms with Crippen LogP contribution < -0.4 is 27.0 Å². The Kier molecular flexibility index (Phi) is 8.80. The lowest BCUT2D eigenvalue weighted by atomic mass is 9.92. The lowest BCUT2D eigenvalue weighted by Crippen LogP contribution is -2.36. The van der Waals surface area contributed by atoms with E-state index < -0.39 is 6.17 Å².